The molecule has 0 unspecified atom stereocenters. The maximum atomic E-state index is 12.8. The van der Waals surface area contributed by atoms with Crippen molar-refractivity contribution in [2.24, 2.45) is 0 Å². The van der Waals surface area contributed by atoms with Gasteiger partial charge in [-0.1, -0.05) is 43.2 Å². The van der Waals surface area contributed by atoms with E-state index in [0.717, 1.165) is 50.5 Å². The van der Waals surface area contributed by atoms with E-state index in [1.54, 1.807) is 4.90 Å². The molecule has 2 amide bonds. The van der Waals surface area contributed by atoms with Crippen LogP contribution in [0.5, 0.6) is 0 Å². The molecule has 1 saturated heterocycles. The summed E-state index contributed by atoms with van der Waals surface area (Å²) < 4.78 is 0. The summed E-state index contributed by atoms with van der Waals surface area (Å²) in [6.07, 6.45) is 9.86. The molecule has 1 aromatic carbocycles. The zero-order valence-corrected chi connectivity index (χ0v) is 15.6. The minimum atomic E-state index is -0.535. The van der Waals surface area contributed by atoms with Crippen LogP contribution in [-0.2, 0) is 0 Å². The lowest BCUT2D eigenvalue weighted by atomic mass is 9.73. The molecule has 1 aromatic rings. The second-order valence-electron chi connectivity index (χ2n) is 7.90. The number of amides is 2. The molecule has 1 saturated carbocycles. The number of carbonyl (C=O) groups excluding carboxylic acids is 1. The lowest BCUT2D eigenvalue weighted by molar-refractivity contribution is 0.0157. The van der Waals surface area contributed by atoms with Gasteiger partial charge in [0.2, 0.25) is 0 Å². The molecule has 3 atom stereocenters. The molecule has 0 spiro atoms. The molecule has 5 heteroatoms. The second kappa shape index (κ2) is 7.74. The maximum absolute atomic E-state index is 12.8. The fourth-order valence-electron chi connectivity index (χ4n) is 4.97. The summed E-state index contributed by atoms with van der Waals surface area (Å²) >= 11 is 0. The van der Waals surface area contributed by atoms with E-state index in [-0.39, 0.29) is 30.6 Å². The highest BCUT2D eigenvalue weighted by molar-refractivity contribution is 5.78. The molecule has 3 aliphatic rings. The summed E-state index contributed by atoms with van der Waals surface area (Å²) in [6, 6.07) is 9.60. The van der Waals surface area contributed by atoms with Crippen molar-refractivity contribution in [2.75, 3.05) is 6.61 Å². The number of urea groups is 1. The van der Waals surface area contributed by atoms with Crippen molar-refractivity contribution in [1.29, 1.82) is 5.26 Å². The highest BCUT2D eigenvalue weighted by Gasteiger charge is 2.52. The van der Waals surface area contributed by atoms with Gasteiger partial charge in [0.15, 0.2) is 0 Å². The van der Waals surface area contributed by atoms with Crippen LogP contribution >= 0.6 is 0 Å². The summed E-state index contributed by atoms with van der Waals surface area (Å²) in [6.45, 7) is -0.131. The average Bonchev–Trinajstić information content (AvgIpc) is 3.36. The third kappa shape index (κ3) is 3.23. The Morgan fingerprint density at radius 3 is 2.70 bits per heavy atom. The first-order valence-corrected chi connectivity index (χ1v) is 10.1. The van der Waals surface area contributed by atoms with Gasteiger partial charge in [-0.15, -0.1) is 0 Å². The number of benzene rings is 1. The summed E-state index contributed by atoms with van der Waals surface area (Å²) in [4.78, 5) is 14.3. The molecule has 0 aromatic heterocycles. The average molecular weight is 365 g/mol. The van der Waals surface area contributed by atoms with Gasteiger partial charge in [-0.2, -0.15) is 5.26 Å². The molecule has 27 heavy (non-hydrogen) atoms. The number of carbonyl (C=O) groups is 1. The fourth-order valence-corrected chi connectivity index (χ4v) is 4.97. The molecular formula is C22H27N3O2. The van der Waals surface area contributed by atoms with Crippen LogP contribution < -0.4 is 5.32 Å². The third-order valence-corrected chi connectivity index (χ3v) is 6.36. The van der Waals surface area contributed by atoms with Crippen LogP contribution in [0.25, 0.3) is 5.57 Å². The Bertz CT molecular complexity index is 776. The van der Waals surface area contributed by atoms with E-state index < -0.39 is 6.04 Å². The number of hydrogen-bond donors (Lipinski definition) is 2. The number of aliphatic hydroxyl groups excluding tert-OH is 1. The highest BCUT2D eigenvalue weighted by atomic mass is 16.3. The Kier molecular flexibility index (Phi) is 5.18. The van der Waals surface area contributed by atoms with Crippen LogP contribution in [0, 0.1) is 11.3 Å². The maximum Gasteiger partial charge on any atom is 0.319 e. The normalized spacial score (nSPS) is 27.8. The van der Waals surface area contributed by atoms with Gasteiger partial charge in [-0.05, 0) is 48.8 Å². The Hall–Kier alpha value is -2.32. The van der Waals surface area contributed by atoms with Crippen molar-refractivity contribution in [3.8, 4) is 6.07 Å². The summed E-state index contributed by atoms with van der Waals surface area (Å²) in [5.74, 6) is -0.146. The molecule has 2 aliphatic carbocycles. The minimum Gasteiger partial charge on any atom is -0.394 e. The number of nitrogens with one attached hydrogen (secondary N) is 1. The predicted octanol–water partition coefficient (Wildman–Crippen LogP) is 3.56. The zero-order chi connectivity index (χ0) is 18.8. The molecule has 4 rings (SSSR count). The highest BCUT2D eigenvalue weighted by Crippen LogP contribution is 2.44. The number of hydrogen-bond acceptors (Lipinski definition) is 3. The quantitative estimate of drug-likeness (QED) is 0.856. The molecule has 2 fully saturated rings. The third-order valence-electron chi connectivity index (χ3n) is 6.36. The van der Waals surface area contributed by atoms with Crippen LogP contribution in [0.15, 0.2) is 30.3 Å². The number of aliphatic hydroxyl groups is 1. The van der Waals surface area contributed by atoms with Crippen molar-refractivity contribution in [3.63, 3.8) is 0 Å². The monoisotopic (exact) mass is 365 g/mol. The van der Waals surface area contributed by atoms with E-state index >= 15 is 0 Å². The molecule has 1 aliphatic heterocycles. The van der Waals surface area contributed by atoms with Gasteiger partial charge in [0.25, 0.3) is 0 Å². The van der Waals surface area contributed by atoms with Gasteiger partial charge in [0, 0.05) is 12.0 Å². The van der Waals surface area contributed by atoms with Crippen LogP contribution in [0.1, 0.15) is 62.0 Å². The summed E-state index contributed by atoms with van der Waals surface area (Å²) in [5.41, 5.74) is 3.59. The van der Waals surface area contributed by atoms with Gasteiger partial charge in [-0.3, -0.25) is 0 Å². The van der Waals surface area contributed by atoms with Gasteiger partial charge in [-0.25, -0.2) is 4.79 Å². The molecule has 142 valence electrons. The second-order valence-corrected chi connectivity index (χ2v) is 7.90. The minimum absolute atomic E-state index is 0.131. The molecular weight excluding hydrogens is 338 g/mol. The summed E-state index contributed by atoms with van der Waals surface area (Å²) in [5, 5.41) is 22.9. The van der Waals surface area contributed by atoms with Gasteiger partial charge in [0.1, 0.15) is 6.04 Å². The Morgan fingerprint density at radius 2 is 2.04 bits per heavy atom. The van der Waals surface area contributed by atoms with Gasteiger partial charge >= 0.3 is 6.03 Å². The first-order chi connectivity index (χ1) is 13.2. The number of nitrogens with zero attached hydrogens (tertiary/aromatic N) is 2. The van der Waals surface area contributed by atoms with Gasteiger partial charge < -0.3 is 15.3 Å². The number of likely N-dealkylation sites (tertiary alicyclic amines) is 1. The Morgan fingerprint density at radius 1 is 1.26 bits per heavy atom. The first-order valence-electron chi connectivity index (χ1n) is 10.1. The number of allylic oxidation sites excluding steroid dienone is 2. The lowest BCUT2D eigenvalue weighted by Crippen LogP contribution is -2.67. The van der Waals surface area contributed by atoms with Crippen LogP contribution in [0.2, 0.25) is 0 Å². The standard InChI is InChI=1S/C22H27N3O2/c23-13-19-21(18-12-6-5-11-17(18)15-7-1-2-8-15)20(14-26)25(19)22(27)24-16-9-3-4-10-16/h5-7,11-12,16,19-21,26H,1-4,8-10,14H2,(H,24,27)/t19-,20+,21+/m1/s1. The van der Waals surface area contributed by atoms with Crippen molar-refractivity contribution in [2.45, 2.75) is 69.0 Å². The molecule has 1 heterocycles. The van der Waals surface area contributed by atoms with E-state index in [2.05, 4.69) is 29.6 Å². The van der Waals surface area contributed by atoms with E-state index in [1.807, 2.05) is 12.1 Å². The largest absolute Gasteiger partial charge is 0.394 e. The molecule has 0 radical (unpaired) electrons. The van der Waals surface area contributed by atoms with Crippen molar-refractivity contribution < 1.29 is 9.90 Å². The van der Waals surface area contributed by atoms with E-state index in [4.69, 9.17) is 0 Å². The SMILES string of the molecule is N#C[C@@H]1[C@H](c2ccccc2C2=CCCC2)[C@H](CO)N1C(=O)NC1CCCC1. The molecule has 2 N–H and O–H groups in total. The topological polar surface area (TPSA) is 76.4 Å². The number of rotatable bonds is 4. The van der Waals surface area contributed by atoms with Crippen LogP contribution in [0.4, 0.5) is 4.79 Å². The van der Waals surface area contributed by atoms with Crippen molar-refractivity contribution >= 4 is 11.6 Å². The molecule has 0 bridgehead atoms. The lowest BCUT2D eigenvalue weighted by Gasteiger charge is -2.52. The summed E-state index contributed by atoms with van der Waals surface area (Å²) in [7, 11) is 0. The predicted molar refractivity (Wildman–Crippen MR) is 104 cm³/mol. The van der Waals surface area contributed by atoms with Crippen LogP contribution in [-0.4, -0.2) is 40.8 Å². The van der Waals surface area contributed by atoms with E-state index in [1.165, 1.54) is 11.1 Å². The fraction of sp³-hybridized carbons (Fsp3) is 0.545. The van der Waals surface area contributed by atoms with E-state index in [0.29, 0.717) is 0 Å². The zero-order valence-electron chi connectivity index (χ0n) is 15.6. The smallest absolute Gasteiger partial charge is 0.319 e. The Balaban J connectivity index is 1.59. The van der Waals surface area contributed by atoms with Crippen molar-refractivity contribution in [1.82, 2.24) is 10.2 Å². The first kappa shape index (κ1) is 18.1. The van der Waals surface area contributed by atoms with Crippen molar-refractivity contribution in [3.05, 3.63) is 41.5 Å². The van der Waals surface area contributed by atoms with Crippen LogP contribution in [0.3, 0.4) is 0 Å². The number of nitriles is 1. The van der Waals surface area contributed by atoms with Gasteiger partial charge in [0.05, 0.1) is 18.7 Å². The van der Waals surface area contributed by atoms with E-state index in [9.17, 15) is 15.2 Å². The Labute approximate surface area is 160 Å². The molecule has 5 nitrogen and oxygen atoms in total.